The average Bonchev–Trinajstić information content (AvgIpc) is 2.76. The fourth-order valence-electron chi connectivity index (χ4n) is 1.97. The summed E-state index contributed by atoms with van der Waals surface area (Å²) >= 11 is 0. The Morgan fingerprint density at radius 1 is 1.33 bits per heavy atom. The second-order valence-corrected chi connectivity index (χ2v) is 3.99. The number of carbonyl (C=O) groups excluding carboxylic acids is 1. The molecule has 5 nitrogen and oxygen atoms in total. The summed E-state index contributed by atoms with van der Waals surface area (Å²) in [5.41, 5.74) is 0.317. The van der Waals surface area contributed by atoms with Gasteiger partial charge in [0.15, 0.2) is 6.23 Å². The van der Waals surface area contributed by atoms with Crippen LogP contribution >= 0.6 is 0 Å². The van der Waals surface area contributed by atoms with E-state index in [-0.39, 0.29) is 5.91 Å². The molecule has 1 atom stereocenters. The van der Waals surface area contributed by atoms with Crippen LogP contribution in [-0.4, -0.2) is 34.8 Å². The third kappa shape index (κ3) is 2.58. The molecule has 0 bridgehead atoms. The topological polar surface area (TPSA) is 66.8 Å². The van der Waals surface area contributed by atoms with Crippen molar-refractivity contribution in [2.75, 3.05) is 6.54 Å². The van der Waals surface area contributed by atoms with Crippen molar-refractivity contribution in [3.05, 3.63) is 35.6 Å². The van der Waals surface area contributed by atoms with Crippen LogP contribution in [0.1, 0.15) is 23.2 Å². The van der Waals surface area contributed by atoms with Gasteiger partial charge in [-0.25, -0.2) is 9.18 Å². The van der Waals surface area contributed by atoms with E-state index in [0.29, 0.717) is 24.9 Å². The van der Waals surface area contributed by atoms with Gasteiger partial charge in [0, 0.05) is 18.5 Å². The minimum Gasteiger partial charge on any atom is -0.450 e. The SMILES string of the molecule is O=C(O)OC1CCCN1C(=O)c1ccc(F)cc1. The van der Waals surface area contributed by atoms with Crippen LogP contribution in [0.3, 0.4) is 0 Å². The van der Waals surface area contributed by atoms with Crippen molar-refractivity contribution in [1.82, 2.24) is 4.90 Å². The van der Waals surface area contributed by atoms with Crippen LogP contribution < -0.4 is 0 Å². The maximum atomic E-state index is 12.7. The van der Waals surface area contributed by atoms with Crippen LogP contribution in [0.4, 0.5) is 9.18 Å². The normalized spacial score (nSPS) is 18.7. The van der Waals surface area contributed by atoms with E-state index in [2.05, 4.69) is 4.74 Å². The van der Waals surface area contributed by atoms with Gasteiger partial charge >= 0.3 is 6.16 Å². The highest BCUT2D eigenvalue weighted by atomic mass is 19.1. The largest absolute Gasteiger partial charge is 0.507 e. The Morgan fingerprint density at radius 3 is 2.61 bits per heavy atom. The average molecular weight is 253 g/mol. The molecule has 0 spiro atoms. The molecule has 6 heteroatoms. The summed E-state index contributed by atoms with van der Waals surface area (Å²) in [5, 5.41) is 8.57. The van der Waals surface area contributed by atoms with Gasteiger partial charge in [-0.05, 0) is 30.7 Å². The molecule has 0 aliphatic carbocycles. The maximum Gasteiger partial charge on any atom is 0.507 e. The fraction of sp³-hybridized carbons (Fsp3) is 0.333. The summed E-state index contributed by atoms with van der Waals surface area (Å²) in [4.78, 5) is 23.9. The summed E-state index contributed by atoms with van der Waals surface area (Å²) in [5.74, 6) is -0.773. The highest BCUT2D eigenvalue weighted by Crippen LogP contribution is 2.21. The molecule has 2 rings (SSSR count). The zero-order chi connectivity index (χ0) is 13.1. The number of rotatable bonds is 2. The number of benzene rings is 1. The van der Waals surface area contributed by atoms with E-state index < -0.39 is 18.2 Å². The van der Waals surface area contributed by atoms with Crippen molar-refractivity contribution >= 4 is 12.1 Å². The molecule has 1 N–H and O–H groups in total. The van der Waals surface area contributed by atoms with Crippen molar-refractivity contribution in [2.24, 2.45) is 0 Å². The van der Waals surface area contributed by atoms with E-state index in [1.807, 2.05) is 0 Å². The molecular weight excluding hydrogens is 241 g/mol. The van der Waals surface area contributed by atoms with Gasteiger partial charge in [-0.1, -0.05) is 0 Å². The number of nitrogens with zero attached hydrogens (tertiary/aromatic N) is 1. The Hall–Kier alpha value is -2.11. The van der Waals surface area contributed by atoms with E-state index in [0.717, 1.165) is 0 Å². The van der Waals surface area contributed by atoms with Crippen LogP contribution in [0.15, 0.2) is 24.3 Å². The van der Waals surface area contributed by atoms with Crippen LogP contribution in [0.2, 0.25) is 0 Å². The second kappa shape index (κ2) is 5.03. The Morgan fingerprint density at radius 2 is 2.00 bits per heavy atom. The van der Waals surface area contributed by atoms with Gasteiger partial charge < -0.3 is 14.7 Å². The molecule has 1 aliphatic rings. The summed E-state index contributed by atoms with van der Waals surface area (Å²) in [6, 6.07) is 5.12. The number of likely N-dealkylation sites (tertiary alicyclic amines) is 1. The monoisotopic (exact) mass is 253 g/mol. The molecule has 18 heavy (non-hydrogen) atoms. The molecule has 1 aromatic rings. The number of ether oxygens (including phenoxy) is 1. The summed E-state index contributed by atoms with van der Waals surface area (Å²) in [6.45, 7) is 0.439. The predicted molar refractivity (Wildman–Crippen MR) is 59.6 cm³/mol. The first kappa shape index (κ1) is 12.3. The first-order valence-corrected chi connectivity index (χ1v) is 5.54. The quantitative estimate of drug-likeness (QED) is 0.819. The van der Waals surface area contributed by atoms with E-state index in [9.17, 15) is 14.0 Å². The molecule has 96 valence electrons. The molecule has 0 radical (unpaired) electrons. The Balaban J connectivity index is 2.12. The van der Waals surface area contributed by atoms with Crippen molar-refractivity contribution < 1.29 is 23.8 Å². The summed E-state index contributed by atoms with van der Waals surface area (Å²) < 4.78 is 17.4. The Labute approximate surface area is 103 Å². The van der Waals surface area contributed by atoms with Gasteiger partial charge in [0.2, 0.25) is 0 Å². The van der Waals surface area contributed by atoms with Crippen molar-refractivity contribution in [2.45, 2.75) is 19.1 Å². The van der Waals surface area contributed by atoms with Gasteiger partial charge in [0.1, 0.15) is 5.82 Å². The van der Waals surface area contributed by atoms with Gasteiger partial charge in [-0.15, -0.1) is 0 Å². The highest BCUT2D eigenvalue weighted by Gasteiger charge is 2.32. The number of hydrogen-bond donors (Lipinski definition) is 1. The number of amides is 1. The standard InChI is InChI=1S/C12H12FNO4/c13-9-5-3-8(4-6-9)11(15)14-7-1-2-10(14)18-12(16)17/h3-6,10H,1-2,7H2,(H,16,17). The van der Waals surface area contributed by atoms with Gasteiger partial charge in [0.25, 0.3) is 5.91 Å². The zero-order valence-electron chi connectivity index (χ0n) is 9.51. The minimum absolute atomic E-state index is 0.317. The summed E-state index contributed by atoms with van der Waals surface area (Å²) in [7, 11) is 0. The van der Waals surface area contributed by atoms with Crippen LogP contribution in [0, 0.1) is 5.82 Å². The van der Waals surface area contributed by atoms with Crippen LogP contribution in [0.25, 0.3) is 0 Å². The zero-order valence-corrected chi connectivity index (χ0v) is 9.51. The molecule has 1 heterocycles. The van der Waals surface area contributed by atoms with Crippen LogP contribution in [0.5, 0.6) is 0 Å². The lowest BCUT2D eigenvalue weighted by Crippen LogP contribution is -2.38. The van der Waals surface area contributed by atoms with Crippen molar-refractivity contribution in [3.8, 4) is 0 Å². The number of carbonyl (C=O) groups is 2. The second-order valence-electron chi connectivity index (χ2n) is 3.99. The lowest BCUT2D eigenvalue weighted by atomic mass is 10.2. The third-order valence-corrected chi connectivity index (χ3v) is 2.79. The molecule has 0 saturated carbocycles. The molecule has 1 aliphatic heterocycles. The van der Waals surface area contributed by atoms with E-state index in [1.165, 1.54) is 29.2 Å². The molecular formula is C12H12FNO4. The first-order valence-electron chi connectivity index (χ1n) is 5.54. The molecule has 0 aromatic heterocycles. The molecule has 1 unspecified atom stereocenters. The van der Waals surface area contributed by atoms with Crippen molar-refractivity contribution in [1.29, 1.82) is 0 Å². The molecule has 1 fully saturated rings. The van der Waals surface area contributed by atoms with Gasteiger partial charge in [-0.3, -0.25) is 4.79 Å². The first-order chi connectivity index (χ1) is 8.58. The molecule has 1 aromatic carbocycles. The van der Waals surface area contributed by atoms with Crippen LogP contribution in [-0.2, 0) is 4.74 Å². The van der Waals surface area contributed by atoms with Gasteiger partial charge in [0.05, 0.1) is 0 Å². The minimum atomic E-state index is -1.40. The summed E-state index contributed by atoms with van der Waals surface area (Å²) in [6.07, 6.45) is -0.983. The lowest BCUT2D eigenvalue weighted by molar-refractivity contribution is -0.00703. The predicted octanol–water partition coefficient (Wildman–Crippen LogP) is 2.08. The Kier molecular flexibility index (Phi) is 3.45. The molecule has 1 saturated heterocycles. The fourth-order valence-corrected chi connectivity index (χ4v) is 1.97. The van der Waals surface area contributed by atoms with Gasteiger partial charge in [-0.2, -0.15) is 0 Å². The number of carboxylic acid groups (broad SMARTS) is 1. The Bertz CT molecular complexity index is 460. The third-order valence-electron chi connectivity index (χ3n) is 2.79. The van der Waals surface area contributed by atoms with E-state index in [4.69, 9.17) is 5.11 Å². The number of hydrogen-bond acceptors (Lipinski definition) is 3. The highest BCUT2D eigenvalue weighted by molar-refractivity contribution is 5.94. The maximum absolute atomic E-state index is 12.7. The van der Waals surface area contributed by atoms with E-state index >= 15 is 0 Å². The van der Waals surface area contributed by atoms with E-state index in [1.54, 1.807) is 0 Å². The smallest absolute Gasteiger partial charge is 0.450 e. The molecule has 1 amide bonds. The number of halogens is 1. The van der Waals surface area contributed by atoms with Crippen molar-refractivity contribution in [3.63, 3.8) is 0 Å². The lowest BCUT2D eigenvalue weighted by Gasteiger charge is -2.23.